The molecule has 0 amide bonds. The average Bonchev–Trinajstić information content (AvgIpc) is 2.39. The van der Waals surface area contributed by atoms with E-state index in [2.05, 4.69) is 30.8 Å². The number of rotatable bonds is 5. The summed E-state index contributed by atoms with van der Waals surface area (Å²) in [5, 5.41) is 7.70. The molecule has 0 unspecified atom stereocenters. The van der Waals surface area contributed by atoms with Crippen molar-refractivity contribution in [2.24, 2.45) is 0 Å². The first kappa shape index (κ1) is 12.0. The second-order valence-corrected chi connectivity index (χ2v) is 4.12. The standard InChI is InChI=1S/C12H21N3/c1-9(2)8-15-11(4)12(6-7-13-5)10(3)14-15/h13H,1,6-8H2,2-5H3. The monoisotopic (exact) mass is 207 g/mol. The van der Waals surface area contributed by atoms with Gasteiger partial charge in [0.15, 0.2) is 0 Å². The first-order chi connectivity index (χ1) is 7.06. The number of aromatic nitrogens is 2. The number of likely N-dealkylation sites (N-methyl/N-ethyl adjacent to an activating group) is 1. The molecule has 0 bridgehead atoms. The van der Waals surface area contributed by atoms with E-state index in [0.29, 0.717) is 0 Å². The Balaban J connectivity index is 2.87. The van der Waals surface area contributed by atoms with E-state index < -0.39 is 0 Å². The number of hydrogen-bond donors (Lipinski definition) is 1. The Labute approximate surface area is 92.2 Å². The zero-order valence-corrected chi connectivity index (χ0v) is 10.2. The van der Waals surface area contributed by atoms with Crippen LogP contribution in [0.25, 0.3) is 0 Å². The van der Waals surface area contributed by atoms with Crippen molar-refractivity contribution in [2.45, 2.75) is 33.7 Å². The average molecular weight is 207 g/mol. The van der Waals surface area contributed by atoms with Crippen LogP contribution in [0.4, 0.5) is 0 Å². The minimum absolute atomic E-state index is 0.826. The number of hydrogen-bond acceptors (Lipinski definition) is 2. The topological polar surface area (TPSA) is 29.9 Å². The largest absolute Gasteiger partial charge is 0.319 e. The van der Waals surface area contributed by atoms with Crippen molar-refractivity contribution in [3.05, 3.63) is 29.1 Å². The molecule has 0 spiro atoms. The van der Waals surface area contributed by atoms with Crippen LogP contribution in [0.1, 0.15) is 23.9 Å². The third-order valence-electron chi connectivity index (χ3n) is 2.58. The van der Waals surface area contributed by atoms with Gasteiger partial charge in [-0.05, 0) is 46.3 Å². The molecule has 0 radical (unpaired) electrons. The molecule has 1 rings (SSSR count). The molecule has 1 aromatic heterocycles. The minimum Gasteiger partial charge on any atom is -0.319 e. The Morgan fingerprint density at radius 2 is 2.13 bits per heavy atom. The zero-order chi connectivity index (χ0) is 11.4. The summed E-state index contributed by atoms with van der Waals surface area (Å²) in [6.07, 6.45) is 1.05. The van der Waals surface area contributed by atoms with Gasteiger partial charge in [0, 0.05) is 5.69 Å². The summed E-state index contributed by atoms with van der Waals surface area (Å²) in [4.78, 5) is 0. The van der Waals surface area contributed by atoms with Crippen LogP contribution >= 0.6 is 0 Å². The highest BCUT2D eigenvalue weighted by Gasteiger charge is 2.10. The SMILES string of the molecule is C=C(C)Cn1nc(C)c(CCNC)c1C. The molecule has 0 fully saturated rings. The van der Waals surface area contributed by atoms with E-state index in [1.807, 2.05) is 18.7 Å². The molecule has 0 aliphatic heterocycles. The van der Waals surface area contributed by atoms with Crippen molar-refractivity contribution in [2.75, 3.05) is 13.6 Å². The summed E-state index contributed by atoms with van der Waals surface area (Å²) in [5.74, 6) is 0. The van der Waals surface area contributed by atoms with Crippen LogP contribution in [-0.4, -0.2) is 23.4 Å². The van der Waals surface area contributed by atoms with E-state index in [4.69, 9.17) is 0 Å². The van der Waals surface area contributed by atoms with Crippen LogP contribution in [0.2, 0.25) is 0 Å². The van der Waals surface area contributed by atoms with Crippen molar-refractivity contribution >= 4 is 0 Å². The van der Waals surface area contributed by atoms with Crippen LogP contribution in [-0.2, 0) is 13.0 Å². The Morgan fingerprint density at radius 3 is 2.67 bits per heavy atom. The lowest BCUT2D eigenvalue weighted by Gasteiger charge is -2.04. The van der Waals surface area contributed by atoms with Gasteiger partial charge >= 0.3 is 0 Å². The molecule has 1 aromatic rings. The Bertz CT molecular complexity index is 350. The molecule has 0 saturated carbocycles. The van der Waals surface area contributed by atoms with E-state index >= 15 is 0 Å². The molecule has 0 aliphatic rings. The van der Waals surface area contributed by atoms with Gasteiger partial charge in [0.05, 0.1) is 12.2 Å². The number of nitrogens with one attached hydrogen (secondary N) is 1. The quantitative estimate of drug-likeness (QED) is 0.747. The summed E-state index contributed by atoms with van der Waals surface area (Å²) >= 11 is 0. The molecule has 0 saturated heterocycles. The highest BCUT2D eigenvalue weighted by Crippen LogP contribution is 2.14. The molecule has 3 heteroatoms. The fourth-order valence-corrected chi connectivity index (χ4v) is 1.76. The van der Waals surface area contributed by atoms with Gasteiger partial charge in [0.2, 0.25) is 0 Å². The lowest BCUT2D eigenvalue weighted by Crippen LogP contribution is -2.11. The first-order valence-electron chi connectivity index (χ1n) is 5.38. The van der Waals surface area contributed by atoms with Crippen molar-refractivity contribution in [3.8, 4) is 0 Å². The third-order valence-corrected chi connectivity index (χ3v) is 2.58. The van der Waals surface area contributed by atoms with E-state index in [1.54, 1.807) is 0 Å². The van der Waals surface area contributed by atoms with E-state index in [0.717, 1.165) is 30.8 Å². The molecule has 0 aromatic carbocycles. The highest BCUT2D eigenvalue weighted by molar-refractivity contribution is 5.25. The smallest absolute Gasteiger partial charge is 0.0629 e. The normalized spacial score (nSPS) is 10.7. The summed E-state index contributed by atoms with van der Waals surface area (Å²) in [7, 11) is 1.98. The fraction of sp³-hybridized carbons (Fsp3) is 0.583. The summed E-state index contributed by atoms with van der Waals surface area (Å²) in [6, 6.07) is 0. The fourth-order valence-electron chi connectivity index (χ4n) is 1.76. The minimum atomic E-state index is 0.826. The van der Waals surface area contributed by atoms with Gasteiger partial charge in [-0.25, -0.2) is 0 Å². The summed E-state index contributed by atoms with van der Waals surface area (Å²) in [5.41, 5.74) is 4.92. The Hall–Kier alpha value is -1.09. The maximum absolute atomic E-state index is 4.53. The maximum Gasteiger partial charge on any atom is 0.0629 e. The van der Waals surface area contributed by atoms with Crippen molar-refractivity contribution in [3.63, 3.8) is 0 Å². The van der Waals surface area contributed by atoms with Crippen molar-refractivity contribution < 1.29 is 0 Å². The Morgan fingerprint density at radius 1 is 1.47 bits per heavy atom. The van der Waals surface area contributed by atoms with Gasteiger partial charge < -0.3 is 5.32 Å². The molecule has 1 heterocycles. The second-order valence-electron chi connectivity index (χ2n) is 4.12. The van der Waals surface area contributed by atoms with E-state index in [-0.39, 0.29) is 0 Å². The maximum atomic E-state index is 4.53. The van der Waals surface area contributed by atoms with Gasteiger partial charge in [-0.1, -0.05) is 12.2 Å². The van der Waals surface area contributed by atoms with Gasteiger partial charge in [0.25, 0.3) is 0 Å². The molecule has 1 N–H and O–H groups in total. The molecular formula is C12H21N3. The molecule has 3 nitrogen and oxygen atoms in total. The highest BCUT2D eigenvalue weighted by atomic mass is 15.3. The van der Waals surface area contributed by atoms with Crippen LogP contribution in [0.3, 0.4) is 0 Å². The lowest BCUT2D eigenvalue weighted by atomic mass is 10.1. The Kier molecular flexibility index (Phi) is 4.09. The van der Waals surface area contributed by atoms with Crippen LogP contribution in [0.5, 0.6) is 0 Å². The van der Waals surface area contributed by atoms with Crippen LogP contribution in [0, 0.1) is 13.8 Å². The molecule has 84 valence electrons. The molecular weight excluding hydrogens is 186 g/mol. The van der Waals surface area contributed by atoms with Crippen molar-refractivity contribution in [1.29, 1.82) is 0 Å². The van der Waals surface area contributed by atoms with Gasteiger partial charge in [0.1, 0.15) is 0 Å². The molecule has 0 aliphatic carbocycles. The number of allylic oxidation sites excluding steroid dienone is 1. The van der Waals surface area contributed by atoms with Crippen molar-refractivity contribution in [1.82, 2.24) is 15.1 Å². The van der Waals surface area contributed by atoms with E-state index in [9.17, 15) is 0 Å². The predicted octanol–water partition coefficient (Wildman–Crippen LogP) is 1.84. The molecule has 0 atom stereocenters. The van der Waals surface area contributed by atoms with Crippen LogP contribution < -0.4 is 5.32 Å². The van der Waals surface area contributed by atoms with Gasteiger partial charge in [-0.2, -0.15) is 5.10 Å². The summed E-state index contributed by atoms with van der Waals surface area (Å²) in [6.45, 7) is 12.0. The van der Waals surface area contributed by atoms with Crippen LogP contribution in [0.15, 0.2) is 12.2 Å². The van der Waals surface area contributed by atoms with Gasteiger partial charge in [-0.3, -0.25) is 4.68 Å². The first-order valence-corrected chi connectivity index (χ1v) is 5.38. The second kappa shape index (κ2) is 5.12. The number of nitrogens with zero attached hydrogens (tertiary/aromatic N) is 2. The zero-order valence-electron chi connectivity index (χ0n) is 10.2. The predicted molar refractivity (Wildman–Crippen MR) is 64.1 cm³/mol. The lowest BCUT2D eigenvalue weighted by molar-refractivity contribution is 0.650. The molecule has 15 heavy (non-hydrogen) atoms. The summed E-state index contributed by atoms with van der Waals surface area (Å²) < 4.78 is 2.04. The number of aryl methyl sites for hydroxylation is 1. The third kappa shape index (κ3) is 2.93. The van der Waals surface area contributed by atoms with Gasteiger partial charge in [-0.15, -0.1) is 0 Å². The van der Waals surface area contributed by atoms with E-state index in [1.165, 1.54) is 11.3 Å².